The number of anilines is 1. The number of likely N-dealkylation sites (tertiary alicyclic amines) is 1. The van der Waals surface area contributed by atoms with E-state index in [1.807, 2.05) is 41.4 Å². The van der Waals surface area contributed by atoms with Crippen molar-refractivity contribution in [3.8, 4) is 11.5 Å². The van der Waals surface area contributed by atoms with E-state index in [0.29, 0.717) is 17.2 Å². The summed E-state index contributed by atoms with van der Waals surface area (Å²) in [5.74, 6) is 1.28. The Morgan fingerprint density at radius 1 is 1.22 bits per heavy atom. The molecule has 1 aromatic carbocycles. The molecule has 6 heteroatoms. The van der Waals surface area contributed by atoms with Gasteiger partial charge >= 0.3 is 6.03 Å². The van der Waals surface area contributed by atoms with Crippen LogP contribution in [0.15, 0.2) is 42.6 Å². The molecule has 0 radical (unpaired) electrons. The second-order valence-corrected chi connectivity index (χ2v) is 6.70. The van der Waals surface area contributed by atoms with Crippen molar-refractivity contribution in [3.05, 3.63) is 48.3 Å². The summed E-state index contributed by atoms with van der Waals surface area (Å²) in [4.78, 5) is 19.3. The highest BCUT2D eigenvalue weighted by atomic mass is 16.5. The number of ether oxygens (including phenoxy) is 2. The van der Waals surface area contributed by atoms with Crippen LogP contribution in [-0.2, 0) is 6.42 Å². The molecule has 2 amide bonds. The van der Waals surface area contributed by atoms with Crippen LogP contribution in [0.5, 0.6) is 11.5 Å². The van der Waals surface area contributed by atoms with Gasteiger partial charge in [0.15, 0.2) is 0 Å². The fourth-order valence-electron chi connectivity index (χ4n) is 3.52. The number of pyridine rings is 1. The fraction of sp³-hybridized carbons (Fsp3) is 0.429. The minimum atomic E-state index is -0.0795. The zero-order valence-corrected chi connectivity index (χ0v) is 16.0. The van der Waals surface area contributed by atoms with Crippen molar-refractivity contribution < 1.29 is 14.3 Å². The lowest BCUT2D eigenvalue weighted by atomic mass is 9.97. The van der Waals surface area contributed by atoms with Crippen LogP contribution in [0.25, 0.3) is 0 Å². The molecule has 0 unspecified atom stereocenters. The largest absolute Gasteiger partial charge is 0.497 e. The Bertz CT molecular complexity index is 752. The third-order valence-electron chi connectivity index (χ3n) is 5.00. The van der Waals surface area contributed by atoms with Gasteiger partial charge in [-0.15, -0.1) is 0 Å². The van der Waals surface area contributed by atoms with Gasteiger partial charge in [-0.05, 0) is 56.4 Å². The molecule has 1 N–H and O–H groups in total. The van der Waals surface area contributed by atoms with Crippen molar-refractivity contribution in [3.63, 3.8) is 0 Å². The number of amides is 2. The van der Waals surface area contributed by atoms with E-state index in [2.05, 4.69) is 10.3 Å². The Balaban J connectivity index is 1.66. The summed E-state index contributed by atoms with van der Waals surface area (Å²) in [6, 6.07) is 11.5. The van der Waals surface area contributed by atoms with E-state index in [-0.39, 0.29) is 12.1 Å². The van der Waals surface area contributed by atoms with Crippen LogP contribution < -0.4 is 14.8 Å². The van der Waals surface area contributed by atoms with E-state index in [4.69, 9.17) is 9.47 Å². The predicted molar refractivity (Wildman–Crippen MR) is 105 cm³/mol. The molecule has 1 aromatic heterocycles. The summed E-state index contributed by atoms with van der Waals surface area (Å²) in [5.41, 5.74) is 1.72. The number of aromatic nitrogens is 1. The van der Waals surface area contributed by atoms with Gasteiger partial charge in [0.05, 0.1) is 19.9 Å². The zero-order valence-electron chi connectivity index (χ0n) is 16.0. The first kappa shape index (κ1) is 19.0. The minimum absolute atomic E-state index is 0.0795. The smallest absolute Gasteiger partial charge is 0.322 e. The van der Waals surface area contributed by atoms with Gasteiger partial charge in [0.1, 0.15) is 11.5 Å². The normalized spacial score (nSPS) is 16.7. The molecule has 144 valence electrons. The van der Waals surface area contributed by atoms with Crippen LogP contribution >= 0.6 is 0 Å². The lowest BCUT2D eigenvalue weighted by Crippen LogP contribution is -2.46. The number of hydrogen-bond acceptors (Lipinski definition) is 4. The summed E-state index contributed by atoms with van der Waals surface area (Å²) in [6.07, 6.45) is 6.83. The van der Waals surface area contributed by atoms with Gasteiger partial charge in [0, 0.05) is 30.5 Å². The Labute approximate surface area is 160 Å². The van der Waals surface area contributed by atoms with Crippen LogP contribution in [0, 0.1) is 0 Å². The Hall–Kier alpha value is -2.76. The molecule has 0 spiro atoms. The van der Waals surface area contributed by atoms with Crippen molar-refractivity contribution >= 4 is 11.7 Å². The minimum Gasteiger partial charge on any atom is -0.497 e. The van der Waals surface area contributed by atoms with E-state index in [0.717, 1.165) is 44.3 Å². The molecule has 27 heavy (non-hydrogen) atoms. The fourth-order valence-corrected chi connectivity index (χ4v) is 3.52. The molecular formula is C21H27N3O3. The number of nitrogens with zero attached hydrogens (tertiary/aromatic N) is 2. The van der Waals surface area contributed by atoms with Crippen LogP contribution in [0.3, 0.4) is 0 Å². The molecule has 0 aliphatic carbocycles. The second-order valence-electron chi connectivity index (χ2n) is 6.70. The summed E-state index contributed by atoms with van der Waals surface area (Å²) in [6.45, 7) is 0.775. The maximum absolute atomic E-state index is 12.9. The van der Waals surface area contributed by atoms with Crippen molar-refractivity contribution in [1.29, 1.82) is 0 Å². The van der Waals surface area contributed by atoms with E-state index < -0.39 is 0 Å². The number of rotatable bonds is 6. The summed E-state index contributed by atoms with van der Waals surface area (Å²) in [5, 5.41) is 3.00. The van der Waals surface area contributed by atoms with E-state index in [1.165, 1.54) is 0 Å². The topological polar surface area (TPSA) is 63.7 Å². The third-order valence-corrected chi connectivity index (χ3v) is 5.00. The van der Waals surface area contributed by atoms with Crippen LogP contribution in [0.1, 0.15) is 31.4 Å². The number of carbonyl (C=O) groups is 1. The van der Waals surface area contributed by atoms with E-state index >= 15 is 0 Å². The van der Waals surface area contributed by atoms with Gasteiger partial charge in [0.2, 0.25) is 0 Å². The van der Waals surface area contributed by atoms with Gasteiger partial charge in [-0.3, -0.25) is 4.98 Å². The lowest BCUT2D eigenvalue weighted by molar-refractivity contribution is 0.158. The molecule has 1 atom stereocenters. The van der Waals surface area contributed by atoms with Crippen LogP contribution in [0.4, 0.5) is 10.5 Å². The summed E-state index contributed by atoms with van der Waals surface area (Å²) < 4.78 is 10.6. The molecule has 1 aliphatic rings. The molecule has 2 aromatic rings. The number of hydrogen-bond donors (Lipinski definition) is 1. The first-order valence-electron chi connectivity index (χ1n) is 9.41. The number of benzene rings is 1. The van der Waals surface area contributed by atoms with Crippen LogP contribution in [-0.4, -0.2) is 42.7 Å². The van der Waals surface area contributed by atoms with Gasteiger partial charge in [-0.2, -0.15) is 0 Å². The maximum atomic E-state index is 12.9. The van der Waals surface area contributed by atoms with Gasteiger partial charge in [-0.1, -0.05) is 6.07 Å². The maximum Gasteiger partial charge on any atom is 0.322 e. The summed E-state index contributed by atoms with van der Waals surface area (Å²) in [7, 11) is 3.19. The standard InChI is InChI=1S/C21H27N3O3/c1-26-18-11-12-19(20(15-18)27-2)23-21(25)24-14-6-4-8-17(24)10-9-16-7-3-5-13-22-16/h3,5,7,11-13,15,17H,4,6,8-10,14H2,1-2H3,(H,23,25)/t17-/m0/s1. The highest BCUT2D eigenvalue weighted by molar-refractivity contribution is 5.91. The number of urea groups is 1. The number of methoxy groups -OCH3 is 2. The van der Waals surface area contributed by atoms with E-state index in [1.54, 1.807) is 20.3 Å². The monoisotopic (exact) mass is 369 g/mol. The molecule has 2 heterocycles. The zero-order chi connectivity index (χ0) is 19.1. The average molecular weight is 369 g/mol. The number of piperidine rings is 1. The van der Waals surface area contributed by atoms with Gasteiger partial charge < -0.3 is 19.7 Å². The van der Waals surface area contributed by atoms with Crippen molar-refractivity contribution in [2.45, 2.75) is 38.1 Å². The molecule has 6 nitrogen and oxygen atoms in total. The number of nitrogens with one attached hydrogen (secondary N) is 1. The SMILES string of the molecule is COc1ccc(NC(=O)N2CCCC[C@H]2CCc2ccccn2)c(OC)c1. The van der Waals surface area contributed by atoms with Gasteiger partial charge in [0.25, 0.3) is 0 Å². The quantitative estimate of drug-likeness (QED) is 0.832. The highest BCUT2D eigenvalue weighted by Gasteiger charge is 2.27. The first-order valence-corrected chi connectivity index (χ1v) is 9.41. The predicted octanol–water partition coefficient (Wildman–Crippen LogP) is 4.12. The lowest BCUT2D eigenvalue weighted by Gasteiger charge is -2.36. The van der Waals surface area contributed by atoms with E-state index in [9.17, 15) is 4.79 Å². The first-order chi connectivity index (χ1) is 13.2. The molecule has 3 rings (SSSR count). The average Bonchev–Trinajstić information content (AvgIpc) is 2.73. The highest BCUT2D eigenvalue weighted by Crippen LogP contribution is 2.30. The Morgan fingerprint density at radius 2 is 2.11 bits per heavy atom. The number of aryl methyl sites for hydroxylation is 1. The molecule has 0 saturated carbocycles. The van der Waals surface area contributed by atoms with Crippen molar-refractivity contribution in [2.24, 2.45) is 0 Å². The van der Waals surface area contributed by atoms with Crippen molar-refractivity contribution in [2.75, 3.05) is 26.1 Å². The third kappa shape index (κ3) is 4.90. The second kappa shape index (κ2) is 9.26. The molecule has 1 saturated heterocycles. The Morgan fingerprint density at radius 3 is 2.85 bits per heavy atom. The molecular weight excluding hydrogens is 342 g/mol. The molecule has 1 aliphatic heterocycles. The van der Waals surface area contributed by atoms with Crippen LogP contribution in [0.2, 0.25) is 0 Å². The summed E-state index contributed by atoms with van der Waals surface area (Å²) >= 11 is 0. The van der Waals surface area contributed by atoms with Gasteiger partial charge in [-0.25, -0.2) is 4.79 Å². The number of carbonyl (C=O) groups excluding carboxylic acids is 1. The molecule has 0 bridgehead atoms. The van der Waals surface area contributed by atoms with Crippen molar-refractivity contribution in [1.82, 2.24) is 9.88 Å². The molecule has 1 fully saturated rings. The Kier molecular flexibility index (Phi) is 6.52.